The van der Waals surface area contributed by atoms with Gasteiger partial charge >= 0.3 is 0 Å². The number of carbonyl (C=O) groups is 1. The predicted octanol–water partition coefficient (Wildman–Crippen LogP) is 2.30. The summed E-state index contributed by atoms with van der Waals surface area (Å²) in [5, 5.41) is 7.27. The molecule has 1 unspecified atom stereocenters. The summed E-state index contributed by atoms with van der Waals surface area (Å²) in [6.07, 6.45) is 10.9. The third-order valence-corrected chi connectivity index (χ3v) is 8.51. The van der Waals surface area contributed by atoms with Gasteiger partial charge in [0.2, 0.25) is 5.91 Å². The van der Waals surface area contributed by atoms with Crippen molar-refractivity contribution >= 4 is 23.6 Å². The number of nitrogens with zero attached hydrogens (tertiary/aromatic N) is 3. The van der Waals surface area contributed by atoms with Crippen LogP contribution in [0.25, 0.3) is 0 Å². The molecule has 2 N–H and O–H groups in total. The summed E-state index contributed by atoms with van der Waals surface area (Å²) < 4.78 is 0. The molecular weight excluding hydrogens is 382 g/mol. The third kappa shape index (κ3) is 5.04. The molecule has 4 aliphatic rings. The number of hydrogen-bond donors (Lipinski definition) is 2. The molecule has 1 amide bonds. The van der Waals surface area contributed by atoms with Crippen LogP contribution in [-0.2, 0) is 4.79 Å². The second kappa shape index (κ2) is 9.90. The van der Waals surface area contributed by atoms with E-state index in [1.165, 1.54) is 63.1 Å². The first-order chi connectivity index (χ1) is 14.2. The van der Waals surface area contributed by atoms with Gasteiger partial charge in [-0.15, -0.1) is 0 Å². The topological polar surface area (TPSA) is 60.0 Å². The van der Waals surface area contributed by atoms with E-state index in [1.54, 1.807) is 0 Å². The highest BCUT2D eigenvalue weighted by molar-refractivity contribution is 7.99. The van der Waals surface area contributed by atoms with Crippen molar-refractivity contribution in [3.63, 3.8) is 0 Å². The normalized spacial score (nSPS) is 28.8. The lowest BCUT2D eigenvalue weighted by atomic mass is 9.94. The SMILES string of the molecule is CN=C(NCC1(N2CCSCC2)CCCC1)NC1CCN(C(=O)C2CCCC2)C1. The summed E-state index contributed by atoms with van der Waals surface area (Å²) in [6.45, 7) is 5.14. The number of amides is 1. The monoisotopic (exact) mass is 421 g/mol. The molecule has 0 radical (unpaired) electrons. The highest BCUT2D eigenvalue weighted by Crippen LogP contribution is 2.36. The van der Waals surface area contributed by atoms with Gasteiger partial charge in [-0.05, 0) is 32.1 Å². The number of aliphatic imine (C=N–C) groups is 1. The molecule has 2 heterocycles. The van der Waals surface area contributed by atoms with Crippen molar-refractivity contribution in [2.24, 2.45) is 10.9 Å². The van der Waals surface area contributed by atoms with E-state index in [-0.39, 0.29) is 5.92 Å². The van der Waals surface area contributed by atoms with Gasteiger partial charge < -0.3 is 15.5 Å². The van der Waals surface area contributed by atoms with Crippen LogP contribution in [0.3, 0.4) is 0 Å². The van der Waals surface area contributed by atoms with Crippen LogP contribution in [0.4, 0.5) is 0 Å². The standard InChI is InChI=1S/C22H39N5OS/c1-23-21(24-17-22(9-4-5-10-22)27-12-14-29-15-13-27)25-19-8-11-26(16-19)20(28)18-6-2-3-7-18/h18-19H,2-17H2,1H3,(H2,23,24,25). The summed E-state index contributed by atoms with van der Waals surface area (Å²) in [6, 6.07) is 0.317. The third-order valence-electron chi connectivity index (χ3n) is 7.57. The van der Waals surface area contributed by atoms with Crippen molar-refractivity contribution in [3.05, 3.63) is 0 Å². The first-order valence-corrected chi connectivity index (χ1v) is 12.9. The van der Waals surface area contributed by atoms with E-state index in [4.69, 9.17) is 0 Å². The molecule has 2 saturated heterocycles. The van der Waals surface area contributed by atoms with Crippen molar-refractivity contribution in [1.29, 1.82) is 0 Å². The average molecular weight is 422 g/mol. The Labute approximate surface area is 180 Å². The second-order valence-electron chi connectivity index (χ2n) is 9.35. The lowest BCUT2D eigenvalue weighted by Crippen LogP contribution is -2.58. The highest BCUT2D eigenvalue weighted by Gasteiger charge is 2.40. The van der Waals surface area contributed by atoms with Crippen LogP contribution in [0, 0.1) is 5.92 Å². The molecule has 2 aliphatic carbocycles. The van der Waals surface area contributed by atoms with E-state index in [9.17, 15) is 4.79 Å². The molecule has 0 spiro atoms. The Morgan fingerprint density at radius 1 is 1.07 bits per heavy atom. The second-order valence-corrected chi connectivity index (χ2v) is 10.6. The molecule has 4 rings (SSSR count). The Hall–Kier alpha value is -0.950. The van der Waals surface area contributed by atoms with Gasteiger partial charge in [-0.1, -0.05) is 25.7 Å². The molecular formula is C22H39N5OS. The summed E-state index contributed by atoms with van der Waals surface area (Å²) in [7, 11) is 1.87. The lowest BCUT2D eigenvalue weighted by Gasteiger charge is -2.43. The Morgan fingerprint density at radius 2 is 1.79 bits per heavy atom. The summed E-state index contributed by atoms with van der Waals surface area (Å²) in [5.74, 6) is 4.12. The number of guanidine groups is 1. The van der Waals surface area contributed by atoms with Crippen LogP contribution in [0.15, 0.2) is 4.99 Å². The van der Waals surface area contributed by atoms with Gasteiger partial charge in [0.1, 0.15) is 0 Å². The minimum absolute atomic E-state index is 0.288. The van der Waals surface area contributed by atoms with Gasteiger partial charge in [-0.3, -0.25) is 14.7 Å². The van der Waals surface area contributed by atoms with Crippen molar-refractivity contribution < 1.29 is 4.79 Å². The highest BCUT2D eigenvalue weighted by atomic mass is 32.2. The fourth-order valence-corrected chi connectivity index (χ4v) is 6.72. The largest absolute Gasteiger partial charge is 0.355 e. The maximum absolute atomic E-state index is 12.7. The van der Waals surface area contributed by atoms with E-state index in [2.05, 4.69) is 37.2 Å². The quantitative estimate of drug-likeness (QED) is 0.527. The number of likely N-dealkylation sites (tertiary alicyclic amines) is 1. The molecule has 2 aliphatic heterocycles. The van der Waals surface area contributed by atoms with Crippen molar-refractivity contribution in [1.82, 2.24) is 20.4 Å². The van der Waals surface area contributed by atoms with Crippen molar-refractivity contribution in [2.75, 3.05) is 51.3 Å². The number of hydrogen-bond acceptors (Lipinski definition) is 4. The van der Waals surface area contributed by atoms with E-state index < -0.39 is 0 Å². The molecule has 164 valence electrons. The smallest absolute Gasteiger partial charge is 0.225 e. The van der Waals surface area contributed by atoms with Crippen molar-refractivity contribution in [3.8, 4) is 0 Å². The van der Waals surface area contributed by atoms with E-state index in [1.807, 2.05) is 7.05 Å². The Morgan fingerprint density at radius 3 is 2.48 bits per heavy atom. The van der Waals surface area contributed by atoms with Crippen LogP contribution < -0.4 is 10.6 Å². The van der Waals surface area contributed by atoms with Gasteiger partial charge in [0.15, 0.2) is 5.96 Å². The Kier molecular flexibility index (Phi) is 7.27. The predicted molar refractivity (Wildman–Crippen MR) is 122 cm³/mol. The van der Waals surface area contributed by atoms with Gasteiger partial charge in [-0.2, -0.15) is 11.8 Å². The molecule has 0 aromatic carbocycles. The first kappa shape index (κ1) is 21.3. The minimum Gasteiger partial charge on any atom is -0.355 e. The fraction of sp³-hybridized carbons (Fsp3) is 0.909. The number of carbonyl (C=O) groups excluding carboxylic acids is 1. The molecule has 7 heteroatoms. The van der Waals surface area contributed by atoms with Gasteiger partial charge in [0.05, 0.1) is 0 Å². The molecule has 29 heavy (non-hydrogen) atoms. The summed E-state index contributed by atoms with van der Waals surface area (Å²) in [4.78, 5) is 22.0. The number of rotatable bonds is 5. The maximum Gasteiger partial charge on any atom is 0.225 e. The van der Waals surface area contributed by atoms with Crippen LogP contribution in [-0.4, -0.2) is 84.5 Å². The minimum atomic E-state index is 0.288. The zero-order chi connectivity index (χ0) is 20.1. The molecule has 1 atom stereocenters. The lowest BCUT2D eigenvalue weighted by molar-refractivity contribution is -0.134. The van der Waals surface area contributed by atoms with Gasteiger partial charge in [0, 0.05) is 68.8 Å². The van der Waals surface area contributed by atoms with Gasteiger partial charge in [0.25, 0.3) is 0 Å². The molecule has 0 aromatic rings. The summed E-state index contributed by atoms with van der Waals surface area (Å²) in [5.41, 5.74) is 0.304. The zero-order valence-corrected chi connectivity index (χ0v) is 18.9. The first-order valence-electron chi connectivity index (χ1n) is 11.8. The van der Waals surface area contributed by atoms with E-state index in [0.29, 0.717) is 17.5 Å². The fourth-order valence-electron chi connectivity index (χ4n) is 5.82. The Balaban J connectivity index is 1.27. The van der Waals surface area contributed by atoms with Crippen molar-refractivity contribution in [2.45, 2.75) is 69.4 Å². The molecule has 0 aromatic heterocycles. The average Bonchev–Trinajstić information content (AvgIpc) is 3.53. The molecule has 4 fully saturated rings. The van der Waals surface area contributed by atoms with Crippen LogP contribution in [0.5, 0.6) is 0 Å². The van der Waals surface area contributed by atoms with E-state index >= 15 is 0 Å². The van der Waals surface area contributed by atoms with E-state index in [0.717, 1.165) is 44.9 Å². The van der Waals surface area contributed by atoms with Crippen LogP contribution in [0.1, 0.15) is 57.8 Å². The molecule has 0 bridgehead atoms. The maximum atomic E-state index is 12.7. The zero-order valence-electron chi connectivity index (χ0n) is 18.1. The summed E-state index contributed by atoms with van der Waals surface area (Å²) >= 11 is 2.09. The molecule has 2 saturated carbocycles. The molecule has 6 nitrogen and oxygen atoms in total. The number of thioether (sulfide) groups is 1. The Bertz CT molecular complexity index is 580. The van der Waals surface area contributed by atoms with Crippen LogP contribution in [0.2, 0.25) is 0 Å². The number of nitrogens with one attached hydrogen (secondary N) is 2. The van der Waals surface area contributed by atoms with Gasteiger partial charge in [-0.25, -0.2) is 0 Å². The van der Waals surface area contributed by atoms with Crippen LogP contribution >= 0.6 is 11.8 Å².